The van der Waals surface area contributed by atoms with Crippen LogP contribution in [-0.2, 0) is 5.60 Å². The first-order chi connectivity index (χ1) is 7.77. The van der Waals surface area contributed by atoms with Crippen molar-refractivity contribution < 1.29 is 5.11 Å². The lowest BCUT2D eigenvalue weighted by atomic mass is 9.73. The molecule has 1 aliphatic carbocycles. The number of aliphatic hydroxyl groups is 1. The van der Waals surface area contributed by atoms with Crippen molar-refractivity contribution in [3.8, 4) is 0 Å². The van der Waals surface area contributed by atoms with Gasteiger partial charge in [0.15, 0.2) is 0 Å². The number of benzene rings is 1. The molecule has 1 aromatic carbocycles. The first-order valence-corrected chi connectivity index (χ1v) is 6.19. The Morgan fingerprint density at radius 2 is 1.75 bits per heavy atom. The molecule has 0 aliphatic heterocycles. The Hall–Kier alpha value is -1.08. The first-order valence-electron chi connectivity index (χ1n) is 6.19. The molecule has 0 bridgehead atoms. The highest BCUT2D eigenvalue weighted by atomic mass is 16.3. The Bertz CT molecular complexity index is 338. The largest absolute Gasteiger partial charge is 0.381 e. The Labute approximate surface area is 97.8 Å². The smallest absolute Gasteiger partial charge is 0.110 e. The Morgan fingerprint density at radius 3 is 2.31 bits per heavy atom. The molecule has 0 spiro atoms. The monoisotopic (exact) mass is 216 g/mol. The molecule has 0 unspecified atom stereocenters. The van der Waals surface area contributed by atoms with Gasteiger partial charge < -0.3 is 5.11 Å². The molecular weight excluding hydrogens is 196 g/mol. The molecule has 0 radical (unpaired) electrons. The minimum absolute atomic E-state index is 0.334. The fourth-order valence-electron chi connectivity index (χ4n) is 2.77. The van der Waals surface area contributed by atoms with Crippen molar-refractivity contribution in [3.63, 3.8) is 0 Å². The van der Waals surface area contributed by atoms with Gasteiger partial charge in [0.25, 0.3) is 0 Å². The van der Waals surface area contributed by atoms with Crippen LogP contribution in [0.25, 0.3) is 0 Å². The topological polar surface area (TPSA) is 20.2 Å². The van der Waals surface area contributed by atoms with E-state index in [1.54, 1.807) is 6.08 Å². The van der Waals surface area contributed by atoms with Crippen molar-refractivity contribution in [1.29, 1.82) is 0 Å². The quantitative estimate of drug-likeness (QED) is 0.765. The van der Waals surface area contributed by atoms with Gasteiger partial charge >= 0.3 is 0 Å². The molecule has 0 heterocycles. The lowest BCUT2D eigenvalue weighted by Gasteiger charge is -2.36. The molecule has 2 rings (SSSR count). The van der Waals surface area contributed by atoms with Gasteiger partial charge in [-0.15, -0.1) is 0 Å². The maximum Gasteiger partial charge on any atom is 0.110 e. The molecule has 86 valence electrons. The van der Waals surface area contributed by atoms with Crippen LogP contribution in [0, 0.1) is 5.92 Å². The fraction of sp³-hybridized carbons (Fsp3) is 0.467. The van der Waals surface area contributed by atoms with Crippen LogP contribution in [0.15, 0.2) is 43.0 Å². The summed E-state index contributed by atoms with van der Waals surface area (Å²) in [6.07, 6.45) is 7.70. The summed E-state index contributed by atoms with van der Waals surface area (Å²) in [7, 11) is 0. The maximum absolute atomic E-state index is 10.8. The molecule has 1 atom stereocenters. The van der Waals surface area contributed by atoms with Gasteiger partial charge in [-0.05, 0) is 24.3 Å². The summed E-state index contributed by atoms with van der Waals surface area (Å²) in [6.45, 7) is 3.83. The Morgan fingerprint density at radius 1 is 1.12 bits per heavy atom. The van der Waals surface area contributed by atoms with E-state index in [2.05, 4.69) is 6.58 Å². The number of hydrogen-bond acceptors (Lipinski definition) is 1. The van der Waals surface area contributed by atoms with E-state index in [-0.39, 0.29) is 0 Å². The zero-order chi connectivity index (χ0) is 11.4. The van der Waals surface area contributed by atoms with Crippen LogP contribution in [-0.4, -0.2) is 5.11 Å². The summed E-state index contributed by atoms with van der Waals surface area (Å²) >= 11 is 0. The molecule has 1 heteroatoms. The van der Waals surface area contributed by atoms with Crippen molar-refractivity contribution >= 4 is 0 Å². The average molecular weight is 216 g/mol. The number of hydrogen-bond donors (Lipinski definition) is 1. The van der Waals surface area contributed by atoms with Crippen molar-refractivity contribution in [2.45, 2.75) is 37.7 Å². The second-order valence-corrected chi connectivity index (χ2v) is 4.73. The van der Waals surface area contributed by atoms with Gasteiger partial charge in [-0.2, -0.15) is 0 Å². The van der Waals surface area contributed by atoms with Crippen LogP contribution in [0.4, 0.5) is 0 Å². The van der Waals surface area contributed by atoms with E-state index in [0.29, 0.717) is 5.92 Å². The predicted octanol–water partition coefficient (Wildman–Crippen LogP) is 3.64. The molecular formula is C15H20O. The highest BCUT2D eigenvalue weighted by Gasteiger charge is 2.35. The van der Waals surface area contributed by atoms with E-state index in [9.17, 15) is 5.11 Å². The van der Waals surface area contributed by atoms with Crippen LogP contribution in [0.5, 0.6) is 0 Å². The van der Waals surface area contributed by atoms with Gasteiger partial charge in [0, 0.05) is 0 Å². The van der Waals surface area contributed by atoms with Crippen molar-refractivity contribution in [1.82, 2.24) is 0 Å². The molecule has 1 nitrogen and oxygen atoms in total. The van der Waals surface area contributed by atoms with Gasteiger partial charge in [-0.1, -0.05) is 62.2 Å². The predicted molar refractivity (Wildman–Crippen MR) is 67.1 cm³/mol. The summed E-state index contributed by atoms with van der Waals surface area (Å²) in [5.41, 5.74) is 0.152. The third-order valence-corrected chi connectivity index (χ3v) is 3.77. The summed E-state index contributed by atoms with van der Waals surface area (Å²) in [5, 5.41) is 10.8. The molecule has 0 aromatic heterocycles. The molecule has 1 fully saturated rings. The summed E-state index contributed by atoms with van der Waals surface area (Å²) in [4.78, 5) is 0. The minimum Gasteiger partial charge on any atom is -0.381 e. The van der Waals surface area contributed by atoms with E-state index in [4.69, 9.17) is 0 Å². The zero-order valence-corrected chi connectivity index (χ0v) is 9.73. The normalized spacial score (nSPS) is 21.3. The van der Waals surface area contributed by atoms with Crippen LogP contribution < -0.4 is 0 Å². The minimum atomic E-state index is -0.832. The number of rotatable bonds is 3. The molecule has 0 saturated heterocycles. The molecule has 16 heavy (non-hydrogen) atoms. The maximum atomic E-state index is 10.8. The highest BCUT2D eigenvalue weighted by molar-refractivity contribution is 5.27. The Kier molecular flexibility index (Phi) is 3.45. The van der Waals surface area contributed by atoms with E-state index in [1.807, 2.05) is 30.3 Å². The van der Waals surface area contributed by atoms with Crippen molar-refractivity contribution in [3.05, 3.63) is 48.6 Å². The van der Waals surface area contributed by atoms with E-state index in [0.717, 1.165) is 18.4 Å². The van der Waals surface area contributed by atoms with E-state index >= 15 is 0 Å². The molecule has 1 N–H and O–H groups in total. The van der Waals surface area contributed by atoms with E-state index in [1.165, 1.54) is 19.3 Å². The van der Waals surface area contributed by atoms with Gasteiger partial charge in [-0.3, -0.25) is 0 Å². The molecule has 1 saturated carbocycles. The average Bonchev–Trinajstić information content (AvgIpc) is 2.40. The highest BCUT2D eigenvalue weighted by Crippen LogP contribution is 2.39. The molecule has 1 aromatic rings. The lowest BCUT2D eigenvalue weighted by Crippen LogP contribution is -2.34. The van der Waals surface area contributed by atoms with Crippen molar-refractivity contribution in [2.24, 2.45) is 5.92 Å². The van der Waals surface area contributed by atoms with Gasteiger partial charge in [0.1, 0.15) is 5.60 Å². The first kappa shape index (κ1) is 11.4. The Balaban J connectivity index is 2.27. The molecule has 0 amide bonds. The zero-order valence-electron chi connectivity index (χ0n) is 9.73. The second kappa shape index (κ2) is 4.84. The molecule has 1 aliphatic rings. The van der Waals surface area contributed by atoms with E-state index < -0.39 is 5.60 Å². The SMILES string of the molecule is C=C[C@](O)(c1ccccc1)C1CCCCC1. The lowest BCUT2D eigenvalue weighted by molar-refractivity contribution is 0.00692. The van der Waals surface area contributed by atoms with Gasteiger partial charge in [0.2, 0.25) is 0 Å². The third-order valence-electron chi connectivity index (χ3n) is 3.77. The van der Waals surface area contributed by atoms with Crippen LogP contribution >= 0.6 is 0 Å². The second-order valence-electron chi connectivity index (χ2n) is 4.73. The summed E-state index contributed by atoms with van der Waals surface area (Å²) in [6, 6.07) is 9.93. The van der Waals surface area contributed by atoms with Gasteiger partial charge in [-0.25, -0.2) is 0 Å². The van der Waals surface area contributed by atoms with Crippen LogP contribution in [0.2, 0.25) is 0 Å². The van der Waals surface area contributed by atoms with Crippen LogP contribution in [0.1, 0.15) is 37.7 Å². The summed E-state index contributed by atoms with van der Waals surface area (Å²) < 4.78 is 0. The van der Waals surface area contributed by atoms with Gasteiger partial charge in [0.05, 0.1) is 0 Å². The summed E-state index contributed by atoms with van der Waals surface area (Å²) in [5.74, 6) is 0.334. The third kappa shape index (κ3) is 2.05. The van der Waals surface area contributed by atoms with Crippen LogP contribution in [0.3, 0.4) is 0 Å². The standard InChI is InChI=1S/C15H20O/c1-2-15(16,13-9-5-3-6-10-13)14-11-7-4-8-12-14/h2-3,5-6,9-10,14,16H,1,4,7-8,11-12H2/t15-/m0/s1. The van der Waals surface area contributed by atoms with Crippen molar-refractivity contribution in [2.75, 3.05) is 0 Å². The fourth-order valence-corrected chi connectivity index (χ4v) is 2.77.